The Balaban J connectivity index is 2.46. The van der Waals surface area contributed by atoms with E-state index in [9.17, 15) is 9.59 Å². The average Bonchev–Trinajstić information content (AvgIpc) is 2.18. The zero-order chi connectivity index (χ0) is 11.1. The summed E-state index contributed by atoms with van der Waals surface area (Å²) < 4.78 is 10.5. The molecule has 0 aliphatic carbocycles. The van der Waals surface area contributed by atoms with Crippen molar-refractivity contribution in [2.24, 2.45) is 0 Å². The molecule has 0 radical (unpaired) electrons. The third kappa shape index (κ3) is 1.58. The Bertz CT molecular complexity index is 434. The van der Waals surface area contributed by atoms with Gasteiger partial charge in [-0.3, -0.25) is 4.79 Å². The standard InChI is InChI=1S/C11H10O4/c1-11(2)10(13)14-8-4-3-7(6-12)5-9(8)15-11/h3-6H,1-2H3. The molecule has 0 amide bonds. The molecule has 0 unspecified atom stereocenters. The Labute approximate surface area is 86.8 Å². The second-order valence-electron chi connectivity index (χ2n) is 3.83. The van der Waals surface area contributed by atoms with Crippen molar-refractivity contribution in [3.05, 3.63) is 23.8 Å². The van der Waals surface area contributed by atoms with Crippen LogP contribution in [0.25, 0.3) is 0 Å². The van der Waals surface area contributed by atoms with E-state index < -0.39 is 11.6 Å². The van der Waals surface area contributed by atoms with Gasteiger partial charge in [-0.15, -0.1) is 0 Å². The molecule has 0 atom stereocenters. The lowest BCUT2D eigenvalue weighted by Crippen LogP contribution is -2.44. The molecule has 0 spiro atoms. The van der Waals surface area contributed by atoms with Crippen LogP contribution in [-0.2, 0) is 4.79 Å². The summed E-state index contributed by atoms with van der Waals surface area (Å²) in [5.74, 6) is 0.336. The van der Waals surface area contributed by atoms with E-state index in [0.29, 0.717) is 23.3 Å². The highest BCUT2D eigenvalue weighted by Gasteiger charge is 2.37. The summed E-state index contributed by atoms with van der Waals surface area (Å²) in [7, 11) is 0. The molecule has 1 aliphatic heterocycles. The minimum absolute atomic E-state index is 0.352. The van der Waals surface area contributed by atoms with Gasteiger partial charge in [-0.2, -0.15) is 0 Å². The van der Waals surface area contributed by atoms with Crippen LogP contribution in [-0.4, -0.2) is 17.9 Å². The van der Waals surface area contributed by atoms with Crippen molar-refractivity contribution in [3.63, 3.8) is 0 Å². The Morgan fingerprint density at radius 1 is 1.27 bits per heavy atom. The molecule has 0 bridgehead atoms. The van der Waals surface area contributed by atoms with Crippen molar-refractivity contribution in [2.45, 2.75) is 19.4 Å². The van der Waals surface area contributed by atoms with Crippen LogP contribution < -0.4 is 9.47 Å². The Morgan fingerprint density at radius 3 is 2.67 bits per heavy atom. The van der Waals surface area contributed by atoms with E-state index in [0.717, 1.165) is 0 Å². The van der Waals surface area contributed by atoms with E-state index in [1.54, 1.807) is 32.0 Å². The first-order chi connectivity index (χ1) is 7.03. The maximum absolute atomic E-state index is 11.4. The summed E-state index contributed by atoms with van der Waals surface area (Å²) in [6.07, 6.45) is 0.715. The molecular weight excluding hydrogens is 196 g/mol. The number of carbonyl (C=O) groups excluding carboxylic acids is 2. The largest absolute Gasteiger partial charge is 0.472 e. The smallest absolute Gasteiger partial charge is 0.355 e. The zero-order valence-corrected chi connectivity index (χ0v) is 8.44. The molecule has 1 heterocycles. The van der Waals surface area contributed by atoms with Gasteiger partial charge in [0.05, 0.1) is 0 Å². The first kappa shape index (κ1) is 9.71. The summed E-state index contributed by atoms with van der Waals surface area (Å²) in [6, 6.07) is 4.67. The van der Waals surface area contributed by atoms with Crippen LogP contribution in [0.1, 0.15) is 24.2 Å². The van der Waals surface area contributed by atoms with E-state index in [1.165, 1.54) is 0 Å². The molecule has 0 saturated heterocycles. The van der Waals surface area contributed by atoms with Gasteiger partial charge in [0.25, 0.3) is 0 Å². The molecule has 1 aliphatic rings. The zero-order valence-electron chi connectivity index (χ0n) is 8.44. The predicted octanol–water partition coefficient (Wildman–Crippen LogP) is 1.58. The maximum Gasteiger partial charge on any atom is 0.355 e. The van der Waals surface area contributed by atoms with E-state index in [4.69, 9.17) is 9.47 Å². The number of hydrogen-bond acceptors (Lipinski definition) is 4. The molecule has 1 aromatic rings. The normalized spacial score (nSPS) is 17.3. The van der Waals surface area contributed by atoms with Crippen molar-refractivity contribution >= 4 is 12.3 Å². The molecule has 2 rings (SSSR count). The Morgan fingerprint density at radius 2 is 2.00 bits per heavy atom. The number of benzene rings is 1. The van der Waals surface area contributed by atoms with E-state index in [1.807, 2.05) is 0 Å². The van der Waals surface area contributed by atoms with Crippen LogP contribution in [0.2, 0.25) is 0 Å². The molecular formula is C11H10O4. The monoisotopic (exact) mass is 206 g/mol. The van der Waals surface area contributed by atoms with Crippen molar-refractivity contribution in [1.29, 1.82) is 0 Å². The fraction of sp³-hybridized carbons (Fsp3) is 0.273. The van der Waals surface area contributed by atoms with Crippen LogP contribution >= 0.6 is 0 Å². The van der Waals surface area contributed by atoms with E-state index in [-0.39, 0.29) is 0 Å². The highest BCUT2D eigenvalue weighted by molar-refractivity contribution is 5.85. The third-order valence-electron chi connectivity index (χ3n) is 2.16. The molecule has 0 saturated carbocycles. The predicted molar refractivity (Wildman–Crippen MR) is 52.2 cm³/mol. The molecule has 15 heavy (non-hydrogen) atoms. The number of esters is 1. The SMILES string of the molecule is CC1(C)Oc2cc(C=O)ccc2OC1=O. The number of fused-ring (bicyclic) bond motifs is 1. The molecule has 0 N–H and O–H groups in total. The van der Waals surface area contributed by atoms with Gasteiger partial charge in [-0.05, 0) is 32.0 Å². The maximum atomic E-state index is 11.4. The third-order valence-corrected chi connectivity index (χ3v) is 2.16. The van der Waals surface area contributed by atoms with E-state index >= 15 is 0 Å². The molecule has 0 aromatic heterocycles. The molecule has 1 aromatic carbocycles. The average molecular weight is 206 g/mol. The summed E-state index contributed by atoms with van der Waals surface area (Å²) in [4.78, 5) is 22.0. The Hall–Kier alpha value is -1.84. The Kier molecular flexibility index (Phi) is 2.00. The molecule has 78 valence electrons. The number of aldehydes is 1. The van der Waals surface area contributed by atoms with Gasteiger partial charge in [-0.25, -0.2) is 4.79 Å². The second kappa shape index (κ2) is 3.08. The van der Waals surface area contributed by atoms with Gasteiger partial charge in [-0.1, -0.05) is 0 Å². The summed E-state index contributed by atoms with van der Waals surface area (Å²) in [5.41, 5.74) is -0.517. The van der Waals surface area contributed by atoms with Crippen LogP contribution in [0.5, 0.6) is 11.5 Å². The quantitative estimate of drug-likeness (QED) is 0.397. The number of hydrogen-bond donors (Lipinski definition) is 0. The highest BCUT2D eigenvalue weighted by atomic mass is 16.6. The van der Waals surface area contributed by atoms with Crippen LogP contribution in [0.3, 0.4) is 0 Å². The van der Waals surface area contributed by atoms with Gasteiger partial charge in [0.1, 0.15) is 6.29 Å². The second-order valence-corrected chi connectivity index (χ2v) is 3.83. The van der Waals surface area contributed by atoms with Gasteiger partial charge >= 0.3 is 5.97 Å². The van der Waals surface area contributed by atoms with Gasteiger partial charge in [0.2, 0.25) is 5.60 Å². The summed E-state index contributed by atoms with van der Waals surface area (Å²) >= 11 is 0. The lowest BCUT2D eigenvalue weighted by molar-refractivity contribution is -0.152. The number of rotatable bonds is 1. The lowest BCUT2D eigenvalue weighted by atomic mass is 10.1. The first-order valence-corrected chi connectivity index (χ1v) is 4.53. The summed E-state index contributed by atoms with van der Waals surface area (Å²) in [6.45, 7) is 3.23. The molecule has 4 heteroatoms. The topological polar surface area (TPSA) is 52.6 Å². The number of ether oxygens (including phenoxy) is 2. The minimum Gasteiger partial charge on any atom is -0.472 e. The fourth-order valence-electron chi connectivity index (χ4n) is 1.30. The van der Waals surface area contributed by atoms with Gasteiger partial charge < -0.3 is 9.47 Å². The van der Waals surface area contributed by atoms with Crippen molar-refractivity contribution in [1.82, 2.24) is 0 Å². The van der Waals surface area contributed by atoms with Gasteiger partial charge in [0.15, 0.2) is 11.5 Å². The highest BCUT2D eigenvalue weighted by Crippen LogP contribution is 2.36. The van der Waals surface area contributed by atoms with Gasteiger partial charge in [0, 0.05) is 5.56 Å². The van der Waals surface area contributed by atoms with Crippen LogP contribution in [0, 0.1) is 0 Å². The fourth-order valence-corrected chi connectivity index (χ4v) is 1.30. The van der Waals surface area contributed by atoms with Crippen molar-refractivity contribution < 1.29 is 19.1 Å². The van der Waals surface area contributed by atoms with Crippen LogP contribution in [0.4, 0.5) is 0 Å². The minimum atomic E-state index is -1.01. The molecule has 0 fully saturated rings. The van der Waals surface area contributed by atoms with Crippen molar-refractivity contribution in [3.8, 4) is 11.5 Å². The lowest BCUT2D eigenvalue weighted by Gasteiger charge is -2.30. The molecule has 4 nitrogen and oxygen atoms in total. The summed E-state index contributed by atoms with van der Waals surface area (Å²) in [5, 5.41) is 0. The van der Waals surface area contributed by atoms with Crippen LogP contribution in [0.15, 0.2) is 18.2 Å². The number of carbonyl (C=O) groups is 2. The van der Waals surface area contributed by atoms with E-state index in [2.05, 4.69) is 0 Å². The van der Waals surface area contributed by atoms with Crippen molar-refractivity contribution in [2.75, 3.05) is 0 Å². The first-order valence-electron chi connectivity index (χ1n) is 4.53.